The molecule has 1 aliphatic heterocycles. The first kappa shape index (κ1) is 19.2. The van der Waals surface area contributed by atoms with Gasteiger partial charge < -0.3 is 14.4 Å². The van der Waals surface area contributed by atoms with Gasteiger partial charge in [0, 0.05) is 49.8 Å². The van der Waals surface area contributed by atoms with Crippen LogP contribution in [0.15, 0.2) is 42.7 Å². The van der Waals surface area contributed by atoms with Gasteiger partial charge in [-0.1, -0.05) is 18.2 Å². The number of methoxy groups -OCH3 is 2. The lowest BCUT2D eigenvalue weighted by atomic mass is 10.0. The largest absolute Gasteiger partial charge is 0.495 e. The molecule has 0 bridgehead atoms. The van der Waals surface area contributed by atoms with Crippen LogP contribution in [0, 0.1) is 0 Å². The Kier molecular flexibility index (Phi) is 6.01. The number of nitrogens with zero attached hydrogens (tertiary/aromatic N) is 2. The van der Waals surface area contributed by atoms with E-state index in [2.05, 4.69) is 16.5 Å². The molecular weight excluding hydrogens is 364 g/mol. The average molecular weight is 387 g/mol. The molecule has 5 nitrogen and oxygen atoms in total. The average Bonchev–Trinajstić information content (AvgIpc) is 2.69. The first-order chi connectivity index (χ1) is 13.0. The fourth-order valence-electron chi connectivity index (χ4n) is 3.18. The van der Waals surface area contributed by atoms with Gasteiger partial charge in [0.2, 0.25) is 0 Å². The lowest BCUT2D eigenvalue weighted by Gasteiger charge is -2.30. The van der Waals surface area contributed by atoms with Crippen LogP contribution < -0.4 is 9.47 Å². The summed E-state index contributed by atoms with van der Waals surface area (Å²) < 4.78 is 10.7. The van der Waals surface area contributed by atoms with Gasteiger partial charge in [-0.2, -0.15) is 0 Å². The summed E-state index contributed by atoms with van der Waals surface area (Å²) >= 11 is 6.25. The minimum absolute atomic E-state index is 0.330. The second-order valence-electron chi connectivity index (χ2n) is 6.51. The molecule has 0 aliphatic carbocycles. The van der Waals surface area contributed by atoms with Crippen LogP contribution in [0.3, 0.4) is 0 Å². The zero-order valence-electron chi connectivity index (χ0n) is 15.6. The van der Waals surface area contributed by atoms with Crippen LogP contribution in [0.4, 0.5) is 0 Å². The number of ether oxygens (including phenoxy) is 2. The van der Waals surface area contributed by atoms with Gasteiger partial charge in [0.25, 0.3) is 0 Å². The van der Waals surface area contributed by atoms with E-state index in [1.54, 1.807) is 20.4 Å². The van der Waals surface area contributed by atoms with Gasteiger partial charge in [0.1, 0.15) is 22.3 Å². The van der Waals surface area contributed by atoms with Crippen molar-refractivity contribution in [3.8, 4) is 22.8 Å². The zero-order valence-corrected chi connectivity index (χ0v) is 16.4. The molecule has 2 aromatic rings. The monoisotopic (exact) mass is 386 g/mol. The van der Waals surface area contributed by atoms with E-state index in [9.17, 15) is 4.79 Å². The number of carbonyl (C=O) groups is 1. The van der Waals surface area contributed by atoms with E-state index in [0.29, 0.717) is 41.6 Å². The van der Waals surface area contributed by atoms with Crippen molar-refractivity contribution in [1.29, 1.82) is 0 Å². The third-order valence-electron chi connectivity index (χ3n) is 4.74. The molecule has 1 aromatic carbocycles. The van der Waals surface area contributed by atoms with Gasteiger partial charge >= 0.3 is 0 Å². The molecule has 3 rings (SSSR count). The van der Waals surface area contributed by atoms with Crippen LogP contribution in [0.25, 0.3) is 11.3 Å². The quantitative estimate of drug-likeness (QED) is 0.746. The lowest BCUT2D eigenvalue weighted by Crippen LogP contribution is -2.33. The summed E-state index contributed by atoms with van der Waals surface area (Å²) in [4.78, 5) is 18.1. The smallest absolute Gasteiger partial charge is 0.141 e. The molecule has 0 atom stereocenters. The Morgan fingerprint density at radius 3 is 2.41 bits per heavy atom. The van der Waals surface area contributed by atoms with Gasteiger partial charge in [0.05, 0.1) is 19.9 Å². The van der Waals surface area contributed by atoms with E-state index >= 15 is 0 Å². The van der Waals surface area contributed by atoms with Crippen molar-refractivity contribution in [2.45, 2.75) is 19.3 Å². The first-order valence-electron chi connectivity index (χ1n) is 8.83. The minimum Gasteiger partial charge on any atom is -0.495 e. The number of hydrogen-bond donors (Lipinski definition) is 0. The molecule has 1 aliphatic rings. The molecule has 1 fully saturated rings. The van der Waals surface area contributed by atoms with Crippen LogP contribution in [-0.4, -0.2) is 43.0 Å². The van der Waals surface area contributed by atoms with Crippen LogP contribution in [0.1, 0.15) is 18.4 Å². The van der Waals surface area contributed by atoms with Crippen molar-refractivity contribution in [3.05, 3.63) is 53.3 Å². The molecular formula is C21H23ClN2O3. The van der Waals surface area contributed by atoms with Crippen LogP contribution in [0.5, 0.6) is 11.5 Å². The third-order valence-corrected chi connectivity index (χ3v) is 5.11. The Hall–Kier alpha value is -2.53. The number of aromatic nitrogens is 1. The maximum absolute atomic E-state index is 11.4. The van der Waals surface area contributed by atoms with Crippen molar-refractivity contribution in [2.75, 3.05) is 27.3 Å². The standard InChI is InChI=1S/C21H23ClN2O3/c1-14(24-8-5-17(25)6-9-24)10-15-4-7-23-18(11-15)16-12-19(26-2)21(22)20(13-16)27-3/h4,7,11-13H,1,5-6,8-10H2,2-3H3. The molecule has 1 aromatic heterocycles. The summed E-state index contributed by atoms with van der Waals surface area (Å²) in [6.45, 7) is 5.71. The second kappa shape index (κ2) is 8.44. The van der Waals surface area contributed by atoms with E-state index in [1.807, 2.05) is 24.3 Å². The topological polar surface area (TPSA) is 51.7 Å². The summed E-state index contributed by atoms with van der Waals surface area (Å²) in [7, 11) is 3.14. The van der Waals surface area contributed by atoms with Gasteiger partial charge in [-0.3, -0.25) is 9.78 Å². The lowest BCUT2D eigenvalue weighted by molar-refractivity contribution is -0.121. The van der Waals surface area contributed by atoms with E-state index in [1.165, 1.54) is 0 Å². The van der Waals surface area contributed by atoms with Crippen molar-refractivity contribution < 1.29 is 14.3 Å². The molecule has 27 heavy (non-hydrogen) atoms. The SMILES string of the molecule is C=C(Cc1ccnc(-c2cc(OC)c(Cl)c(OC)c2)c1)N1CCC(=O)CC1. The number of allylic oxidation sites excluding steroid dienone is 1. The van der Waals surface area contributed by atoms with Crippen LogP contribution in [-0.2, 0) is 11.2 Å². The Balaban J connectivity index is 1.81. The number of likely N-dealkylation sites (tertiary alicyclic amines) is 1. The molecule has 6 heteroatoms. The summed E-state index contributed by atoms with van der Waals surface area (Å²) in [5.41, 5.74) is 3.80. The second-order valence-corrected chi connectivity index (χ2v) is 6.89. The predicted molar refractivity (Wildman–Crippen MR) is 106 cm³/mol. The molecule has 0 unspecified atom stereocenters. The molecule has 0 spiro atoms. The molecule has 2 heterocycles. The Morgan fingerprint density at radius 1 is 1.19 bits per heavy atom. The number of hydrogen-bond acceptors (Lipinski definition) is 5. The fourth-order valence-corrected chi connectivity index (χ4v) is 3.44. The Labute approximate surface area is 164 Å². The maximum Gasteiger partial charge on any atom is 0.141 e. The number of benzene rings is 1. The number of rotatable bonds is 6. The van der Waals surface area contributed by atoms with E-state index < -0.39 is 0 Å². The number of pyridine rings is 1. The maximum atomic E-state index is 11.4. The Morgan fingerprint density at radius 2 is 1.81 bits per heavy atom. The number of piperidine rings is 1. The van der Waals surface area contributed by atoms with Gasteiger partial charge in [0.15, 0.2) is 0 Å². The molecule has 0 N–H and O–H groups in total. The highest BCUT2D eigenvalue weighted by molar-refractivity contribution is 6.33. The van der Waals surface area contributed by atoms with Crippen molar-refractivity contribution in [1.82, 2.24) is 9.88 Å². The minimum atomic E-state index is 0.330. The van der Waals surface area contributed by atoms with E-state index in [4.69, 9.17) is 21.1 Å². The first-order valence-corrected chi connectivity index (χ1v) is 9.21. The predicted octanol–water partition coefficient (Wildman–Crippen LogP) is 4.14. The van der Waals surface area contributed by atoms with E-state index in [0.717, 1.165) is 35.6 Å². The van der Waals surface area contributed by atoms with Crippen LogP contribution in [0.2, 0.25) is 5.02 Å². The fraction of sp³-hybridized carbons (Fsp3) is 0.333. The van der Waals surface area contributed by atoms with Crippen LogP contribution >= 0.6 is 11.6 Å². The molecule has 0 saturated carbocycles. The summed E-state index contributed by atoms with van der Waals surface area (Å²) in [6.07, 6.45) is 3.70. The highest BCUT2D eigenvalue weighted by Crippen LogP contribution is 2.38. The van der Waals surface area contributed by atoms with Crippen molar-refractivity contribution in [2.24, 2.45) is 0 Å². The summed E-state index contributed by atoms with van der Waals surface area (Å²) in [5.74, 6) is 1.41. The van der Waals surface area contributed by atoms with Crippen molar-refractivity contribution >= 4 is 17.4 Å². The summed E-state index contributed by atoms with van der Waals surface area (Å²) in [6, 6.07) is 7.71. The highest BCUT2D eigenvalue weighted by atomic mass is 35.5. The number of ketones is 1. The van der Waals surface area contributed by atoms with Gasteiger partial charge in [-0.15, -0.1) is 0 Å². The molecule has 0 amide bonds. The number of carbonyl (C=O) groups excluding carboxylic acids is 1. The Bertz CT molecular complexity index is 831. The molecule has 1 saturated heterocycles. The number of Topliss-reactive ketones (excluding diaryl/α,β-unsaturated/α-hetero) is 1. The van der Waals surface area contributed by atoms with Crippen molar-refractivity contribution in [3.63, 3.8) is 0 Å². The van der Waals surface area contributed by atoms with E-state index in [-0.39, 0.29) is 0 Å². The summed E-state index contributed by atoms with van der Waals surface area (Å²) in [5, 5.41) is 0.438. The number of halogens is 1. The zero-order chi connectivity index (χ0) is 19.4. The molecule has 0 radical (unpaired) electrons. The molecule has 142 valence electrons. The van der Waals surface area contributed by atoms with Gasteiger partial charge in [-0.25, -0.2) is 0 Å². The third kappa shape index (κ3) is 4.42. The normalized spacial score (nSPS) is 14.2. The highest BCUT2D eigenvalue weighted by Gasteiger charge is 2.18. The van der Waals surface area contributed by atoms with Gasteiger partial charge in [-0.05, 0) is 29.8 Å².